The van der Waals surface area contributed by atoms with Gasteiger partial charge in [0.25, 0.3) is 0 Å². The van der Waals surface area contributed by atoms with Crippen LogP contribution in [0.2, 0.25) is 0 Å². The van der Waals surface area contributed by atoms with Gasteiger partial charge >= 0.3 is 5.97 Å². The second-order valence-corrected chi connectivity index (χ2v) is 6.29. The van der Waals surface area contributed by atoms with Crippen LogP contribution in [0.25, 0.3) is 22.3 Å². The van der Waals surface area contributed by atoms with Gasteiger partial charge in [0.05, 0.1) is 19.6 Å². The third-order valence-corrected chi connectivity index (χ3v) is 4.50. The number of methoxy groups -OCH3 is 2. The number of hydrogen-bond donors (Lipinski definition) is 0. The number of aryl methyl sites for hydroxylation is 1. The molecule has 6 nitrogen and oxygen atoms in total. The molecule has 0 N–H and O–H groups in total. The maximum atomic E-state index is 13.2. The molecule has 146 valence electrons. The molecule has 0 saturated heterocycles. The maximum absolute atomic E-state index is 13.2. The van der Waals surface area contributed by atoms with Crippen molar-refractivity contribution in [2.75, 3.05) is 14.2 Å². The molecule has 2 aromatic carbocycles. The Bertz CT molecular complexity index is 1050. The molecular weight excluding hydrogens is 360 g/mol. The summed E-state index contributed by atoms with van der Waals surface area (Å²) in [4.78, 5) is 25.0. The molecule has 1 atom stereocenters. The second kappa shape index (κ2) is 8.17. The first kappa shape index (κ1) is 19.5. The van der Waals surface area contributed by atoms with Crippen molar-refractivity contribution in [3.05, 3.63) is 58.3 Å². The Hall–Kier alpha value is -3.28. The molecule has 1 heterocycles. The van der Waals surface area contributed by atoms with Crippen molar-refractivity contribution >= 4 is 16.9 Å². The van der Waals surface area contributed by atoms with E-state index < -0.39 is 12.1 Å². The number of carbonyl (C=O) groups excluding carboxylic acids is 1. The fourth-order valence-corrected chi connectivity index (χ4v) is 2.88. The molecular formula is C22H22O6. The van der Waals surface area contributed by atoms with Gasteiger partial charge in [0.1, 0.15) is 11.3 Å². The van der Waals surface area contributed by atoms with Crippen LogP contribution in [-0.4, -0.2) is 26.3 Å². The molecule has 0 bridgehead atoms. The van der Waals surface area contributed by atoms with Crippen LogP contribution in [0.5, 0.6) is 11.5 Å². The summed E-state index contributed by atoms with van der Waals surface area (Å²) in [5.74, 6) is 0.316. The summed E-state index contributed by atoms with van der Waals surface area (Å²) in [6.45, 7) is 3.53. The number of carbonyl (C=O) groups is 1. The van der Waals surface area contributed by atoms with E-state index in [9.17, 15) is 9.59 Å². The van der Waals surface area contributed by atoms with Crippen molar-refractivity contribution in [3.8, 4) is 22.8 Å². The van der Waals surface area contributed by atoms with E-state index in [0.717, 1.165) is 12.0 Å². The van der Waals surface area contributed by atoms with E-state index in [1.807, 2.05) is 13.0 Å². The minimum absolute atomic E-state index is 0.0242. The molecule has 6 heteroatoms. The van der Waals surface area contributed by atoms with Gasteiger partial charge in [-0.15, -0.1) is 0 Å². The van der Waals surface area contributed by atoms with E-state index in [-0.39, 0.29) is 16.9 Å². The van der Waals surface area contributed by atoms with Crippen LogP contribution in [0.3, 0.4) is 0 Å². The van der Waals surface area contributed by atoms with E-state index in [1.54, 1.807) is 43.5 Å². The van der Waals surface area contributed by atoms with E-state index in [1.165, 1.54) is 14.0 Å². The Morgan fingerprint density at radius 1 is 1.11 bits per heavy atom. The highest BCUT2D eigenvalue weighted by Crippen LogP contribution is 2.33. The highest BCUT2D eigenvalue weighted by molar-refractivity contribution is 5.83. The Morgan fingerprint density at radius 3 is 2.43 bits per heavy atom. The quantitative estimate of drug-likeness (QED) is 0.601. The number of fused-ring (bicyclic) bond motifs is 1. The standard InChI is InChI=1S/C22H22O6/c1-5-14-6-11-18-17(12-14)19(23)21(27-13(2)22(24)26-4)20(28-18)15-7-9-16(25-3)10-8-15/h6-13H,5H2,1-4H3. The molecule has 0 saturated carbocycles. The number of rotatable bonds is 6. The molecule has 3 rings (SSSR count). The van der Waals surface area contributed by atoms with E-state index >= 15 is 0 Å². The van der Waals surface area contributed by atoms with Crippen molar-refractivity contribution in [3.63, 3.8) is 0 Å². The number of ether oxygens (including phenoxy) is 3. The van der Waals surface area contributed by atoms with Gasteiger partial charge < -0.3 is 18.6 Å². The molecule has 0 aliphatic heterocycles. The Balaban J connectivity index is 2.22. The lowest BCUT2D eigenvalue weighted by molar-refractivity contribution is -0.147. The minimum atomic E-state index is -0.961. The minimum Gasteiger partial charge on any atom is -0.497 e. The molecule has 0 radical (unpaired) electrons. The summed E-state index contributed by atoms with van der Waals surface area (Å²) < 4.78 is 21.6. The molecule has 1 unspecified atom stereocenters. The topological polar surface area (TPSA) is 75.0 Å². The smallest absolute Gasteiger partial charge is 0.346 e. The zero-order valence-corrected chi connectivity index (χ0v) is 16.3. The fourth-order valence-electron chi connectivity index (χ4n) is 2.88. The van der Waals surface area contributed by atoms with Gasteiger partial charge in [0.2, 0.25) is 11.2 Å². The van der Waals surface area contributed by atoms with Crippen LogP contribution >= 0.6 is 0 Å². The maximum Gasteiger partial charge on any atom is 0.346 e. The average molecular weight is 382 g/mol. The van der Waals surface area contributed by atoms with Crippen molar-refractivity contribution in [1.82, 2.24) is 0 Å². The Labute approximate surface area is 162 Å². The lowest BCUT2D eigenvalue weighted by Gasteiger charge is -2.15. The number of esters is 1. The average Bonchev–Trinajstić information content (AvgIpc) is 2.74. The Morgan fingerprint density at radius 2 is 1.82 bits per heavy atom. The SMILES string of the molecule is CCc1ccc2oc(-c3ccc(OC)cc3)c(OC(C)C(=O)OC)c(=O)c2c1. The van der Waals surface area contributed by atoms with Gasteiger partial charge in [-0.3, -0.25) is 4.79 Å². The molecule has 0 fully saturated rings. The first-order chi connectivity index (χ1) is 13.5. The number of hydrogen-bond acceptors (Lipinski definition) is 6. The summed E-state index contributed by atoms with van der Waals surface area (Å²) >= 11 is 0. The van der Waals surface area contributed by atoms with Gasteiger partial charge in [-0.25, -0.2) is 4.79 Å². The van der Waals surface area contributed by atoms with Crippen LogP contribution in [0.15, 0.2) is 51.7 Å². The van der Waals surface area contributed by atoms with Gasteiger partial charge in [-0.1, -0.05) is 13.0 Å². The highest BCUT2D eigenvalue weighted by Gasteiger charge is 2.23. The van der Waals surface area contributed by atoms with Crippen LogP contribution in [0.1, 0.15) is 19.4 Å². The third kappa shape index (κ3) is 3.71. The fraction of sp³-hybridized carbons (Fsp3) is 0.273. The van der Waals surface area contributed by atoms with Crippen molar-refractivity contribution in [2.45, 2.75) is 26.4 Å². The van der Waals surface area contributed by atoms with Crippen molar-refractivity contribution < 1.29 is 23.4 Å². The first-order valence-corrected chi connectivity index (χ1v) is 8.97. The second-order valence-electron chi connectivity index (χ2n) is 6.29. The predicted molar refractivity (Wildman–Crippen MR) is 106 cm³/mol. The van der Waals surface area contributed by atoms with Gasteiger partial charge in [0.15, 0.2) is 11.9 Å². The summed E-state index contributed by atoms with van der Waals surface area (Å²) in [5.41, 5.74) is 1.75. The van der Waals surface area contributed by atoms with Gasteiger partial charge in [0, 0.05) is 5.56 Å². The van der Waals surface area contributed by atoms with Crippen molar-refractivity contribution in [2.24, 2.45) is 0 Å². The van der Waals surface area contributed by atoms with Crippen LogP contribution in [0, 0.1) is 0 Å². The third-order valence-electron chi connectivity index (χ3n) is 4.50. The molecule has 28 heavy (non-hydrogen) atoms. The zero-order valence-electron chi connectivity index (χ0n) is 16.3. The normalized spacial score (nSPS) is 11.9. The lowest BCUT2D eigenvalue weighted by Crippen LogP contribution is -2.27. The predicted octanol–water partition coefficient (Wildman–Crippen LogP) is 3.97. The summed E-state index contributed by atoms with van der Waals surface area (Å²) in [6, 6.07) is 12.5. The summed E-state index contributed by atoms with van der Waals surface area (Å²) in [6.07, 6.45) is -0.179. The van der Waals surface area contributed by atoms with E-state index in [2.05, 4.69) is 0 Å². The van der Waals surface area contributed by atoms with Gasteiger partial charge in [-0.05, 0) is 55.3 Å². The van der Waals surface area contributed by atoms with Crippen LogP contribution in [-0.2, 0) is 16.0 Å². The van der Waals surface area contributed by atoms with Gasteiger partial charge in [-0.2, -0.15) is 0 Å². The molecule has 0 aliphatic carbocycles. The molecule has 0 aliphatic rings. The lowest BCUT2D eigenvalue weighted by atomic mass is 10.1. The monoisotopic (exact) mass is 382 g/mol. The molecule has 3 aromatic rings. The molecule has 0 amide bonds. The van der Waals surface area contributed by atoms with Crippen molar-refractivity contribution in [1.29, 1.82) is 0 Å². The Kier molecular flexibility index (Phi) is 5.68. The first-order valence-electron chi connectivity index (χ1n) is 8.97. The molecule has 1 aromatic heterocycles. The summed E-state index contributed by atoms with van der Waals surface area (Å²) in [5, 5.41) is 0.406. The zero-order chi connectivity index (χ0) is 20.3. The van der Waals surface area contributed by atoms with Crippen LogP contribution < -0.4 is 14.9 Å². The van der Waals surface area contributed by atoms with E-state index in [4.69, 9.17) is 18.6 Å². The highest BCUT2D eigenvalue weighted by atomic mass is 16.6. The summed E-state index contributed by atoms with van der Waals surface area (Å²) in [7, 11) is 2.84. The molecule has 0 spiro atoms. The van der Waals surface area contributed by atoms with Crippen LogP contribution in [0.4, 0.5) is 0 Å². The van der Waals surface area contributed by atoms with E-state index in [0.29, 0.717) is 22.3 Å². The number of benzene rings is 2. The largest absolute Gasteiger partial charge is 0.497 e.